The number of hydrogen-bond acceptors (Lipinski definition) is 2. The zero-order valence-electron chi connectivity index (χ0n) is 10.7. The highest BCUT2D eigenvalue weighted by molar-refractivity contribution is 6.33. The molecule has 98 valence electrons. The molecule has 18 heavy (non-hydrogen) atoms. The van der Waals surface area contributed by atoms with Crippen molar-refractivity contribution in [1.29, 1.82) is 0 Å². The Kier molecular flexibility index (Phi) is 3.64. The van der Waals surface area contributed by atoms with Crippen LogP contribution in [0.15, 0.2) is 18.2 Å². The van der Waals surface area contributed by atoms with Crippen LogP contribution in [-0.4, -0.2) is 23.2 Å². The van der Waals surface area contributed by atoms with Gasteiger partial charge in [0, 0.05) is 0 Å². The van der Waals surface area contributed by atoms with Crippen molar-refractivity contribution >= 4 is 17.5 Å². The van der Waals surface area contributed by atoms with Crippen molar-refractivity contribution < 1.29 is 9.90 Å². The van der Waals surface area contributed by atoms with E-state index in [1.54, 1.807) is 12.1 Å². The number of aryl methyl sites for hydroxylation is 1. The maximum atomic E-state index is 12.2. The molecule has 1 fully saturated rings. The van der Waals surface area contributed by atoms with Gasteiger partial charge < -0.3 is 10.4 Å². The van der Waals surface area contributed by atoms with E-state index >= 15 is 0 Å². The Morgan fingerprint density at radius 3 is 2.72 bits per heavy atom. The fourth-order valence-corrected chi connectivity index (χ4v) is 2.44. The van der Waals surface area contributed by atoms with Crippen molar-refractivity contribution in [1.82, 2.24) is 5.32 Å². The number of halogens is 1. The summed E-state index contributed by atoms with van der Waals surface area (Å²) in [6.07, 6.45) is 2.11. The molecule has 2 rings (SSSR count). The zero-order valence-corrected chi connectivity index (χ0v) is 11.4. The van der Waals surface area contributed by atoms with E-state index in [-0.39, 0.29) is 12.5 Å². The fourth-order valence-electron chi connectivity index (χ4n) is 2.12. The quantitative estimate of drug-likeness (QED) is 0.881. The van der Waals surface area contributed by atoms with Crippen LogP contribution in [0.3, 0.4) is 0 Å². The fraction of sp³-hybridized carbons (Fsp3) is 0.500. The van der Waals surface area contributed by atoms with Crippen LogP contribution >= 0.6 is 11.6 Å². The molecule has 0 unspecified atom stereocenters. The topological polar surface area (TPSA) is 49.3 Å². The lowest BCUT2D eigenvalue weighted by Crippen LogP contribution is -2.50. The van der Waals surface area contributed by atoms with Crippen molar-refractivity contribution in [2.45, 2.75) is 32.2 Å². The Morgan fingerprint density at radius 1 is 1.56 bits per heavy atom. The van der Waals surface area contributed by atoms with Crippen molar-refractivity contribution in [3.63, 3.8) is 0 Å². The minimum absolute atomic E-state index is 0.0487. The van der Waals surface area contributed by atoms with E-state index in [0.29, 0.717) is 16.5 Å². The maximum absolute atomic E-state index is 12.2. The Morgan fingerprint density at radius 2 is 2.22 bits per heavy atom. The first-order chi connectivity index (χ1) is 8.46. The third-order valence-corrected chi connectivity index (χ3v) is 3.89. The van der Waals surface area contributed by atoms with Crippen LogP contribution in [0.5, 0.6) is 0 Å². The van der Waals surface area contributed by atoms with Gasteiger partial charge in [0.15, 0.2) is 0 Å². The lowest BCUT2D eigenvalue weighted by Gasteiger charge is -2.29. The molecule has 0 saturated heterocycles. The summed E-state index contributed by atoms with van der Waals surface area (Å²) < 4.78 is 0. The van der Waals surface area contributed by atoms with E-state index in [2.05, 4.69) is 5.32 Å². The molecule has 0 spiro atoms. The molecule has 3 nitrogen and oxygen atoms in total. The molecule has 1 aliphatic carbocycles. The zero-order chi connectivity index (χ0) is 13.3. The van der Waals surface area contributed by atoms with Crippen LogP contribution in [0.4, 0.5) is 0 Å². The summed E-state index contributed by atoms with van der Waals surface area (Å²) in [6, 6.07) is 5.34. The highest BCUT2D eigenvalue weighted by Crippen LogP contribution is 2.39. The third kappa shape index (κ3) is 2.68. The highest BCUT2D eigenvalue weighted by atomic mass is 35.5. The minimum atomic E-state index is -0.536. The van der Waals surface area contributed by atoms with Crippen LogP contribution in [0.1, 0.15) is 35.7 Å². The molecule has 0 bridgehead atoms. The van der Waals surface area contributed by atoms with Gasteiger partial charge in [0.25, 0.3) is 5.91 Å². The van der Waals surface area contributed by atoms with Crippen LogP contribution in [0.25, 0.3) is 0 Å². The summed E-state index contributed by atoms with van der Waals surface area (Å²) in [4.78, 5) is 12.2. The Bertz CT molecular complexity index is 471. The molecule has 1 aromatic carbocycles. The standard InChI is InChI=1S/C14H18ClNO2/c1-9-3-6-11(12(15)7-9)13(18)16-14(2,8-17)10-4-5-10/h3,6-7,10,17H,4-5,8H2,1-2H3,(H,16,18)/t14-/m0/s1. The Balaban J connectivity index is 2.16. The van der Waals surface area contributed by atoms with Gasteiger partial charge in [-0.05, 0) is 50.3 Å². The number of carbonyl (C=O) groups is 1. The number of rotatable bonds is 4. The minimum Gasteiger partial charge on any atom is -0.394 e. The molecule has 1 aliphatic rings. The molecular weight excluding hydrogens is 250 g/mol. The molecule has 1 saturated carbocycles. The second-order valence-electron chi connectivity index (χ2n) is 5.29. The van der Waals surface area contributed by atoms with Crippen molar-refractivity contribution in [2.24, 2.45) is 5.92 Å². The monoisotopic (exact) mass is 267 g/mol. The molecule has 2 N–H and O–H groups in total. The van der Waals surface area contributed by atoms with E-state index < -0.39 is 5.54 Å². The molecule has 0 heterocycles. The summed E-state index contributed by atoms with van der Waals surface area (Å²) in [7, 11) is 0. The Labute approximate surface area is 112 Å². The van der Waals surface area contributed by atoms with Gasteiger partial charge in [0.05, 0.1) is 22.7 Å². The number of benzene rings is 1. The van der Waals surface area contributed by atoms with E-state index in [1.807, 2.05) is 19.9 Å². The predicted molar refractivity (Wildman–Crippen MR) is 71.9 cm³/mol. The smallest absolute Gasteiger partial charge is 0.253 e. The summed E-state index contributed by atoms with van der Waals surface area (Å²) >= 11 is 6.07. The van der Waals surface area contributed by atoms with E-state index in [9.17, 15) is 9.90 Å². The third-order valence-electron chi connectivity index (χ3n) is 3.58. The van der Waals surface area contributed by atoms with Crippen molar-refractivity contribution in [2.75, 3.05) is 6.61 Å². The molecule has 0 aliphatic heterocycles. The summed E-state index contributed by atoms with van der Waals surface area (Å²) in [6.45, 7) is 3.76. The molecule has 0 aromatic heterocycles. The number of aliphatic hydroxyl groups excluding tert-OH is 1. The van der Waals surface area contributed by atoms with Gasteiger partial charge in [-0.2, -0.15) is 0 Å². The average molecular weight is 268 g/mol. The van der Waals surface area contributed by atoms with Gasteiger partial charge in [-0.15, -0.1) is 0 Å². The second kappa shape index (κ2) is 4.90. The first-order valence-electron chi connectivity index (χ1n) is 6.16. The largest absolute Gasteiger partial charge is 0.394 e. The highest BCUT2D eigenvalue weighted by Gasteiger charge is 2.42. The van der Waals surface area contributed by atoms with Gasteiger partial charge in [-0.1, -0.05) is 17.7 Å². The summed E-state index contributed by atoms with van der Waals surface area (Å²) in [5.41, 5.74) is 0.942. The first kappa shape index (κ1) is 13.4. The van der Waals surface area contributed by atoms with Gasteiger partial charge in [-0.3, -0.25) is 4.79 Å². The summed E-state index contributed by atoms with van der Waals surface area (Å²) in [5, 5.41) is 12.8. The van der Waals surface area contributed by atoms with Gasteiger partial charge in [0.2, 0.25) is 0 Å². The van der Waals surface area contributed by atoms with Crippen LogP contribution in [0.2, 0.25) is 5.02 Å². The van der Waals surface area contributed by atoms with E-state index in [4.69, 9.17) is 11.6 Å². The Hall–Kier alpha value is -1.06. The van der Waals surface area contributed by atoms with Crippen molar-refractivity contribution in [3.05, 3.63) is 34.3 Å². The number of nitrogens with one attached hydrogen (secondary N) is 1. The van der Waals surface area contributed by atoms with Crippen LogP contribution in [-0.2, 0) is 0 Å². The molecule has 1 amide bonds. The average Bonchev–Trinajstić information content (AvgIpc) is 3.12. The normalized spacial score (nSPS) is 18.2. The van der Waals surface area contributed by atoms with Crippen LogP contribution in [0, 0.1) is 12.8 Å². The van der Waals surface area contributed by atoms with Gasteiger partial charge >= 0.3 is 0 Å². The lowest BCUT2D eigenvalue weighted by molar-refractivity contribution is 0.0824. The number of aliphatic hydroxyl groups is 1. The predicted octanol–water partition coefficient (Wildman–Crippen LogP) is 2.54. The SMILES string of the molecule is Cc1ccc(C(=O)N[C@@](C)(CO)C2CC2)c(Cl)c1. The number of hydrogen-bond donors (Lipinski definition) is 2. The maximum Gasteiger partial charge on any atom is 0.253 e. The molecule has 4 heteroatoms. The second-order valence-corrected chi connectivity index (χ2v) is 5.69. The van der Waals surface area contributed by atoms with Gasteiger partial charge in [-0.25, -0.2) is 0 Å². The van der Waals surface area contributed by atoms with Crippen LogP contribution < -0.4 is 5.32 Å². The molecule has 1 atom stereocenters. The number of amides is 1. The van der Waals surface area contributed by atoms with Gasteiger partial charge in [0.1, 0.15) is 0 Å². The molecule has 0 radical (unpaired) electrons. The van der Waals surface area contributed by atoms with E-state index in [1.165, 1.54) is 0 Å². The molecule has 1 aromatic rings. The lowest BCUT2D eigenvalue weighted by atomic mass is 9.96. The van der Waals surface area contributed by atoms with E-state index in [0.717, 1.165) is 18.4 Å². The number of carbonyl (C=O) groups excluding carboxylic acids is 1. The molecular formula is C14H18ClNO2. The van der Waals surface area contributed by atoms with Crippen molar-refractivity contribution in [3.8, 4) is 0 Å². The summed E-state index contributed by atoms with van der Waals surface area (Å²) in [5.74, 6) is 0.152. The first-order valence-corrected chi connectivity index (χ1v) is 6.53.